The summed E-state index contributed by atoms with van der Waals surface area (Å²) in [5.74, 6) is 0.200. The van der Waals surface area contributed by atoms with Crippen molar-refractivity contribution in [2.75, 3.05) is 0 Å². The minimum atomic E-state index is -0.291. The number of ether oxygens (including phenoxy) is 1. The molecule has 0 aliphatic carbocycles. The van der Waals surface area contributed by atoms with E-state index in [2.05, 4.69) is 4.98 Å². The van der Waals surface area contributed by atoms with Gasteiger partial charge in [0.2, 0.25) is 0 Å². The van der Waals surface area contributed by atoms with E-state index in [-0.39, 0.29) is 18.2 Å². The molecule has 0 saturated heterocycles. The summed E-state index contributed by atoms with van der Waals surface area (Å²) in [6.45, 7) is 0.147. The van der Waals surface area contributed by atoms with Crippen LogP contribution in [-0.4, -0.2) is 10.8 Å². The lowest BCUT2D eigenvalue weighted by molar-refractivity contribution is 0.104. The van der Waals surface area contributed by atoms with Gasteiger partial charge in [-0.15, -0.1) is 0 Å². The number of carbonyl (C=O) groups is 1. The summed E-state index contributed by atoms with van der Waals surface area (Å²) in [5, 5.41) is 0. The molecule has 0 amide bonds. The van der Waals surface area contributed by atoms with Crippen LogP contribution in [0, 0.1) is 5.82 Å². The van der Waals surface area contributed by atoms with Crippen molar-refractivity contribution in [3.8, 4) is 5.75 Å². The predicted octanol–water partition coefficient (Wildman–Crippen LogP) is 4.70. The number of nitrogens with zero attached hydrogens (tertiary/aromatic N) is 1. The highest BCUT2D eigenvalue weighted by atomic mass is 19.1. The van der Waals surface area contributed by atoms with Gasteiger partial charge in [-0.1, -0.05) is 36.4 Å². The smallest absolute Gasteiger partial charge is 0.187 e. The van der Waals surface area contributed by atoms with Gasteiger partial charge in [-0.05, 0) is 42.0 Å². The maximum Gasteiger partial charge on any atom is 0.187 e. The van der Waals surface area contributed by atoms with E-state index in [0.29, 0.717) is 16.9 Å². The number of pyridine rings is 1. The zero-order chi connectivity index (χ0) is 17.5. The first-order chi connectivity index (χ1) is 12.2. The number of benzene rings is 2. The van der Waals surface area contributed by atoms with Crippen molar-refractivity contribution in [1.82, 2.24) is 4.98 Å². The lowest BCUT2D eigenvalue weighted by Gasteiger charge is -2.07. The second kappa shape index (κ2) is 8.02. The first-order valence-corrected chi connectivity index (χ1v) is 7.81. The lowest BCUT2D eigenvalue weighted by atomic mass is 10.1. The third-order valence-electron chi connectivity index (χ3n) is 3.58. The van der Waals surface area contributed by atoms with Crippen molar-refractivity contribution in [2.45, 2.75) is 6.61 Å². The SMILES string of the molecule is O=C(C=Cc1cccc(OCc2ccccc2F)c1)c1cccnc1. The quantitative estimate of drug-likeness (QED) is 0.485. The van der Waals surface area contributed by atoms with E-state index >= 15 is 0 Å². The van der Waals surface area contributed by atoms with Crippen molar-refractivity contribution >= 4 is 11.9 Å². The maximum atomic E-state index is 13.6. The van der Waals surface area contributed by atoms with Crippen LogP contribution in [0.15, 0.2) is 79.1 Å². The number of hydrogen-bond donors (Lipinski definition) is 0. The highest BCUT2D eigenvalue weighted by Crippen LogP contribution is 2.17. The predicted molar refractivity (Wildman–Crippen MR) is 94.8 cm³/mol. The Bertz CT molecular complexity index is 891. The highest BCUT2D eigenvalue weighted by molar-refractivity contribution is 6.06. The number of hydrogen-bond acceptors (Lipinski definition) is 3. The van der Waals surface area contributed by atoms with E-state index in [4.69, 9.17) is 4.74 Å². The molecule has 0 fully saturated rings. The van der Waals surface area contributed by atoms with Gasteiger partial charge in [0, 0.05) is 23.5 Å². The largest absolute Gasteiger partial charge is 0.489 e. The van der Waals surface area contributed by atoms with Gasteiger partial charge in [-0.3, -0.25) is 9.78 Å². The Morgan fingerprint density at radius 2 is 1.96 bits per heavy atom. The summed E-state index contributed by atoms with van der Waals surface area (Å²) in [6.07, 6.45) is 6.36. The third kappa shape index (κ3) is 4.61. The van der Waals surface area contributed by atoms with Gasteiger partial charge in [0.25, 0.3) is 0 Å². The lowest BCUT2D eigenvalue weighted by Crippen LogP contribution is -1.98. The summed E-state index contributed by atoms with van der Waals surface area (Å²) >= 11 is 0. The zero-order valence-electron chi connectivity index (χ0n) is 13.4. The first kappa shape index (κ1) is 16.6. The Morgan fingerprint density at radius 1 is 1.08 bits per heavy atom. The molecule has 124 valence electrons. The molecule has 0 radical (unpaired) electrons. The summed E-state index contributed by atoms with van der Waals surface area (Å²) in [7, 11) is 0. The molecule has 0 bridgehead atoms. The number of allylic oxidation sites excluding steroid dienone is 1. The van der Waals surface area contributed by atoms with E-state index in [1.165, 1.54) is 18.3 Å². The van der Waals surface area contributed by atoms with E-state index in [0.717, 1.165) is 5.56 Å². The fourth-order valence-corrected chi connectivity index (χ4v) is 2.26. The molecule has 3 nitrogen and oxygen atoms in total. The minimum absolute atomic E-state index is 0.120. The molecule has 0 unspecified atom stereocenters. The van der Waals surface area contributed by atoms with E-state index < -0.39 is 0 Å². The van der Waals surface area contributed by atoms with Crippen LogP contribution in [0.4, 0.5) is 4.39 Å². The molecule has 25 heavy (non-hydrogen) atoms. The summed E-state index contributed by atoms with van der Waals surface area (Å²) in [4.78, 5) is 16.0. The molecular formula is C21H16FNO2. The van der Waals surface area contributed by atoms with Gasteiger partial charge >= 0.3 is 0 Å². The van der Waals surface area contributed by atoms with Crippen LogP contribution in [0.2, 0.25) is 0 Å². The molecule has 0 aliphatic heterocycles. The first-order valence-electron chi connectivity index (χ1n) is 7.81. The molecular weight excluding hydrogens is 317 g/mol. The number of aromatic nitrogens is 1. The van der Waals surface area contributed by atoms with Crippen LogP contribution >= 0.6 is 0 Å². The number of ketones is 1. The standard InChI is InChI=1S/C21H16FNO2/c22-20-9-2-1-6-18(20)15-25-19-8-3-5-16(13-19)10-11-21(24)17-7-4-12-23-14-17/h1-14H,15H2. The van der Waals surface area contributed by atoms with E-state index in [1.807, 2.05) is 12.1 Å². The van der Waals surface area contributed by atoms with Gasteiger partial charge in [0.1, 0.15) is 18.2 Å². The van der Waals surface area contributed by atoms with Crippen LogP contribution in [0.25, 0.3) is 6.08 Å². The molecule has 3 aromatic rings. The van der Waals surface area contributed by atoms with Crippen molar-refractivity contribution in [3.05, 3.63) is 102 Å². The normalized spacial score (nSPS) is 10.8. The van der Waals surface area contributed by atoms with E-state index in [9.17, 15) is 9.18 Å². The van der Waals surface area contributed by atoms with Crippen molar-refractivity contribution in [2.24, 2.45) is 0 Å². The summed E-state index contributed by atoms with van der Waals surface area (Å²) < 4.78 is 19.2. The maximum absolute atomic E-state index is 13.6. The number of halogens is 1. The van der Waals surface area contributed by atoms with Gasteiger partial charge in [0.15, 0.2) is 5.78 Å². The second-order valence-electron chi connectivity index (χ2n) is 5.39. The molecule has 0 saturated carbocycles. The Morgan fingerprint density at radius 3 is 2.76 bits per heavy atom. The fourth-order valence-electron chi connectivity index (χ4n) is 2.26. The zero-order valence-corrected chi connectivity index (χ0v) is 13.4. The minimum Gasteiger partial charge on any atom is -0.489 e. The van der Waals surface area contributed by atoms with Crippen LogP contribution in [0.5, 0.6) is 5.75 Å². The Balaban J connectivity index is 1.66. The number of carbonyl (C=O) groups excluding carboxylic acids is 1. The van der Waals surface area contributed by atoms with Crippen molar-refractivity contribution < 1.29 is 13.9 Å². The van der Waals surface area contributed by atoms with Gasteiger partial charge in [0.05, 0.1) is 0 Å². The molecule has 3 rings (SSSR count). The van der Waals surface area contributed by atoms with Gasteiger partial charge in [-0.25, -0.2) is 4.39 Å². The fraction of sp³-hybridized carbons (Fsp3) is 0.0476. The van der Waals surface area contributed by atoms with Crippen LogP contribution in [0.1, 0.15) is 21.5 Å². The summed E-state index contributed by atoms with van der Waals surface area (Å²) in [6, 6.07) is 17.2. The Kier molecular flexibility index (Phi) is 5.32. The molecule has 4 heteroatoms. The molecule has 1 aromatic heterocycles. The Labute approximate surface area is 145 Å². The molecule has 0 spiro atoms. The number of rotatable bonds is 6. The van der Waals surface area contributed by atoms with Gasteiger partial charge in [-0.2, -0.15) is 0 Å². The highest BCUT2D eigenvalue weighted by Gasteiger charge is 2.03. The monoisotopic (exact) mass is 333 g/mol. The third-order valence-corrected chi connectivity index (χ3v) is 3.58. The van der Waals surface area contributed by atoms with Crippen LogP contribution in [0.3, 0.4) is 0 Å². The van der Waals surface area contributed by atoms with Crippen molar-refractivity contribution in [3.63, 3.8) is 0 Å². The average molecular weight is 333 g/mol. The van der Waals surface area contributed by atoms with Crippen molar-refractivity contribution in [1.29, 1.82) is 0 Å². The molecule has 2 aromatic carbocycles. The van der Waals surface area contributed by atoms with E-state index in [1.54, 1.807) is 54.7 Å². The molecule has 0 N–H and O–H groups in total. The van der Waals surface area contributed by atoms with Crippen LogP contribution < -0.4 is 4.74 Å². The van der Waals surface area contributed by atoms with Gasteiger partial charge < -0.3 is 4.74 Å². The average Bonchev–Trinajstić information content (AvgIpc) is 2.66. The van der Waals surface area contributed by atoms with Crippen LogP contribution in [-0.2, 0) is 6.61 Å². The second-order valence-corrected chi connectivity index (χ2v) is 5.39. The topological polar surface area (TPSA) is 39.2 Å². The Hall–Kier alpha value is -3.27. The summed E-state index contributed by atoms with van der Waals surface area (Å²) in [5.41, 5.74) is 1.85. The molecule has 0 aliphatic rings. The molecule has 1 heterocycles. The molecule has 0 atom stereocenters.